The Bertz CT molecular complexity index is 669. The van der Waals surface area contributed by atoms with Crippen molar-refractivity contribution in [3.05, 3.63) is 71.9 Å². The van der Waals surface area contributed by atoms with E-state index >= 15 is 0 Å². The van der Waals surface area contributed by atoms with Gasteiger partial charge in [-0.2, -0.15) is 0 Å². The molecule has 18 heavy (non-hydrogen) atoms. The second-order valence-corrected chi connectivity index (χ2v) is 4.97. The van der Waals surface area contributed by atoms with E-state index in [2.05, 4.69) is 81.3 Å². The molecule has 1 heterocycles. The van der Waals surface area contributed by atoms with Crippen LogP contribution in [0.15, 0.2) is 60.8 Å². The van der Waals surface area contributed by atoms with Gasteiger partial charge >= 0.3 is 0 Å². The molecule has 0 spiro atoms. The minimum absolute atomic E-state index is 0.905. The van der Waals surface area contributed by atoms with E-state index in [0.29, 0.717) is 0 Å². The van der Waals surface area contributed by atoms with Crippen LogP contribution in [0.1, 0.15) is 11.1 Å². The van der Waals surface area contributed by atoms with Gasteiger partial charge in [-0.05, 0) is 28.6 Å². The second-order valence-electron chi connectivity index (χ2n) is 4.40. The van der Waals surface area contributed by atoms with Crippen molar-refractivity contribution in [3.63, 3.8) is 0 Å². The van der Waals surface area contributed by atoms with Gasteiger partial charge in [-0.25, -0.2) is 0 Å². The summed E-state index contributed by atoms with van der Waals surface area (Å²) in [6.07, 6.45) is 2.16. The van der Waals surface area contributed by atoms with Gasteiger partial charge < -0.3 is 4.57 Å². The van der Waals surface area contributed by atoms with Crippen LogP contribution in [-0.4, -0.2) is 4.57 Å². The van der Waals surface area contributed by atoms with Crippen LogP contribution >= 0.6 is 15.9 Å². The zero-order valence-corrected chi connectivity index (χ0v) is 11.6. The van der Waals surface area contributed by atoms with Crippen LogP contribution < -0.4 is 0 Å². The molecule has 0 amide bonds. The fourth-order valence-electron chi connectivity index (χ4n) is 2.30. The van der Waals surface area contributed by atoms with Gasteiger partial charge in [0.2, 0.25) is 0 Å². The van der Waals surface area contributed by atoms with Gasteiger partial charge in [0.1, 0.15) is 0 Å². The van der Waals surface area contributed by atoms with Crippen molar-refractivity contribution in [2.24, 2.45) is 0 Å². The van der Waals surface area contributed by atoms with E-state index in [9.17, 15) is 0 Å². The van der Waals surface area contributed by atoms with Crippen LogP contribution in [0.25, 0.3) is 10.9 Å². The van der Waals surface area contributed by atoms with Crippen LogP contribution in [0.5, 0.6) is 0 Å². The molecule has 90 valence electrons. The van der Waals surface area contributed by atoms with Crippen LogP contribution in [0.4, 0.5) is 0 Å². The summed E-state index contributed by atoms with van der Waals surface area (Å²) in [6, 6.07) is 19.2. The quantitative estimate of drug-likeness (QED) is 0.624. The average Bonchev–Trinajstić information content (AvgIpc) is 2.83. The topological polar surface area (TPSA) is 4.93 Å². The summed E-state index contributed by atoms with van der Waals surface area (Å²) in [4.78, 5) is 0. The minimum atomic E-state index is 0.905. The fourth-order valence-corrected chi connectivity index (χ4v) is 2.85. The Morgan fingerprint density at radius 3 is 2.39 bits per heavy atom. The van der Waals surface area contributed by atoms with Crippen molar-refractivity contribution in [1.29, 1.82) is 0 Å². The SMILES string of the molecule is BrCc1ccccc1Cn1ccc2ccccc21. The Balaban J connectivity index is 2.01. The lowest BCUT2D eigenvalue weighted by molar-refractivity contribution is 0.830. The van der Waals surface area contributed by atoms with Gasteiger partial charge in [0, 0.05) is 23.6 Å². The number of aromatic nitrogens is 1. The zero-order valence-electron chi connectivity index (χ0n) is 10.0. The Hall–Kier alpha value is -1.54. The van der Waals surface area contributed by atoms with Crippen molar-refractivity contribution < 1.29 is 0 Å². The third-order valence-electron chi connectivity index (χ3n) is 3.28. The molecule has 3 rings (SSSR count). The first-order valence-corrected chi connectivity index (χ1v) is 7.17. The Kier molecular flexibility index (Phi) is 3.20. The number of para-hydroxylation sites is 1. The van der Waals surface area contributed by atoms with Gasteiger partial charge in [0.15, 0.2) is 0 Å². The minimum Gasteiger partial charge on any atom is -0.343 e. The highest BCUT2D eigenvalue weighted by molar-refractivity contribution is 9.08. The van der Waals surface area contributed by atoms with E-state index in [1.165, 1.54) is 22.0 Å². The molecule has 0 aliphatic carbocycles. The van der Waals surface area contributed by atoms with Crippen LogP contribution in [-0.2, 0) is 11.9 Å². The number of hydrogen-bond acceptors (Lipinski definition) is 0. The van der Waals surface area contributed by atoms with E-state index < -0.39 is 0 Å². The van der Waals surface area contributed by atoms with Crippen molar-refractivity contribution >= 4 is 26.8 Å². The number of hydrogen-bond donors (Lipinski definition) is 0. The first kappa shape index (κ1) is 11.5. The molecule has 1 nitrogen and oxygen atoms in total. The standard InChI is InChI=1S/C16H14BrN/c17-11-14-6-1-2-7-15(14)12-18-10-9-13-5-3-4-8-16(13)18/h1-10H,11-12H2. The molecule has 0 saturated carbocycles. The van der Waals surface area contributed by atoms with E-state index in [-0.39, 0.29) is 0 Å². The number of rotatable bonds is 3. The molecule has 0 fully saturated rings. The molecule has 0 atom stereocenters. The highest BCUT2D eigenvalue weighted by Crippen LogP contribution is 2.19. The maximum absolute atomic E-state index is 3.55. The highest BCUT2D eigenvalue weighted by atomic mass is 79.9. The molecule has 0 aliphatic rings. The van der Waals surface area contributed by atoms with Crippen molar-refractivity contribution in [1.82, 2.24) is 4.57 Å². The van der Waals surface area contributed by atoms with Gasteiger partial charge in [-0.1, -0.05) is 58.4 Å². The van der Waals surface area contributed by atoms with Crippen molar-refractivity contribution in [2.45, 2.75) is 11.9 Å². The van der Waals surface area contributed by atoms with Crippen LogP contribution in [0.3, 0.4) is 0 Å². The Morgan fingerprint density at radius 1 is 0.833 bits per heavy atom. The summed E-state index contributed by atoms with van der Waals surface area (Å²) in [5.74, 6) is 0. The van der Waals surface area contributed by atoms with Crippen LogP contribution in [0, 0.1) is 0 Å². The summed E-state index contributed by atoms with van der Waals surface area (Å²) in [6.45, 7) is 0.926. The average molecular weight is 300 g/mol. The molecular weight excluding hydrogens is 286 g/mol. The molecule has 0 N–H and O–H groups in total. The predicted molar refractivity (Wildman–Crippen MR) is 80.1 cm³/mol. The zero-order chi connectivity index (χ0) is 12.4. The first-order chi connectivity index (χ1) is 8.88. The summed E-state index contributed by atoms with van der Waals surface area (Å²) < 4.78 is 2.30. The molecule has 0 radical (unpaired) electrons. The third-order valence-corrected chi connectivity index (χ3v) is 3.89. The molecule has 3 aromatic rings. The summed E-state index contributed by atoms with van der Waals surface area (Å²) in [5, 5.41) is 2.20. The lowest BCUT2D eigenvalue weighted by Crippen LogP contribution is -2.00. The third kappa shape index (κ3) is 2.08. The molecule has 0 aliphatic heterocycles. The summed E-state index contributed by atoms with van der Waals surface area (Å²) in [5.41, 5.74) is 4.02. The largest absolute Gasteiger partial charge is 0.343 e. The lowest BCUT2D eigenvalue weighted by atomic mass is 10.1. The maximum atomic E-state index is 3.55. The van der Waals surface area contributed by atoms with E-state index in [0.717, 1.165) is 11.9 Å². The molecular formula is C16H14BrN. The van der Waals surface area contributed by atoms with Crippen LogP contribution in [0.2, 0.25) is 0 Å². The van der Waals surface area contributed by atoms with Crippen molar-refractivity contribution in [3.8, 4) is 0 Å². The number of fused-ring (bicyclic) bond motifs is 1. The molecule has 0 bridgehead atoms. The second kappa shape index (κ2) is 4.99. The monoisotopic (exact) mass is 299 g/mol. The van der Waals surface area contributed by atoms with Gasteiger partial charge in [-0.15, -0.1) is 0 Å². The predicted octanol–water partition coefficient (Wildman–Crippen LogP) is 4.58. The molecule has 2 heteroatoms. The van der Waals surface area contributed by atoms with E-state index in [1.54, 1.807) is 0 Å². The number of benzene rings is 2. The van der Waals surface area contributed by atoms with E-state index in [1.807, 2.05) is 0 Å². The number of nitrogens with zero attached hydrogens (tertiary/aromatic N) is 1. The van der Waals surface area contributed by atoms with E-state index in [4.69, 9.17) is 0 Å². The fraction of sp³-hybridized carbons (Fsp3) is 0.125. The summed E-state index contributed by atoms with van der Waals surface area (Å²) in [7, 11) is 0. The lowest BCUT2D eigenvalue weighted by Gasteiger charge is -2.09. The molecule has 0 unspecified atom stereocenters. The Labute approximate surface area is 115 Å². The maximum Gasteiger partial charge on any atom is 0.0483 e. The normalized spacial score (nSPS) is 10.9. The molecule has 1 aromatic heterocycles. The van der Waals surface area contributed by atoms with Gasteiger partial charge in [-0.3, -0.25) is 0 Å². The van der Waals surface area contributed by atoms with Gasteiger partial charge in [0.25, 0.3) is 0 Å². The number of halogens is 1. The van der Waals surface area contributed by atoms with Crippen molar-refractivity contribution in [2.75, 3.05) is 0 Å². The summed E-state index contributed by atoms with van der Waals surface area (Å²) >= 11 is 3.55. The Morgan fingerprint density at radius 2 is 1.56 bits per heavy atom. The van der Waals surface area contributed by atoms with Gasteiger partial charge in [0.05, 0.1) is 0 Å². The highest BCUT2D eigenvalue weighted by Gasteiger charge is 2.04. The molecule has 0 saturated heterocycles. The molecule has 2 aromatic carbocycles. The smallest absolute Gasteiger partial charge is 0.0483 e. The number of alkyl halides is 1. The first-order valence-electron chi connectivity index (χ1n) is 6.05.